The third-order valence-corrected chi connectivity index (χ3v) is 4.10. The Morgan fingerprint density at radius 1 is 1.07 bits per heavy atom. The molecule has 2 amide bonds. The van der Waals surface area contributed by atoms with Crippen molar-refractivity contribution in [1.82, 2.24) is 10.6 Å². The fourth-order valence-electron chi connectivity index (χ4n) is 2.56. The van der Waals surface area contributed by atoms with Gasteiger partial charge in [0.2, 0.25) is 5.91 Å². The minimum atomic E-state index is -1.23. The number of rotatable bonds is 9. The van der Waals surface area contributed by atoms with Crippen LogP contribution in [0, 0.1) is 5.92 Å². The number of carboxylic acid groups (broad SMARTS) is 1. The van der Waals surface area contributed by atoms with Crippen molar-refractivity contribution in [3.05, 3.63) is 35.9 Å². The maximum atomic E-state index is 12.4. The van der Waals surface area contributed by atoms with Crippen LogP contribution in [-0.2, 0) is 20.7 Å². The van der Waals surface area contributed by atoms with Crippen molar-refractivity contribution in [2.75, 3.05) is 6.54 Å². The van der Waals surface area contributed by atoms with Gasteiger partial charge in [0, 0.05) is 6.54 Å². The third-order valence-electron chi connectivity index (χ3n) is 4.10. The summed E-state index contributed by atoms with van der Waals surface area (Å²) in [6.45, 7) is 8.27. The number of hydrogen-bond acceptors (Lipinski definition) is 4. The zero-order valence-corrected chi connectivity index (χ0v) is 17.4. The Morgan fingerprint density at radius 3 is 2.21 bits per heavy atom. The molecule has 0 aliphatic rings. The van der Waals surface area contributed by atoms with Gasteiger partial charge in [-0.25, -0.2) is 4.79 Å². The number of alkyl carbamates (subject to hydrolysis) is 1. The fourth-order valence-corrected chi connectivity index (χ4v) is 2.56. The predicted octanol–water partition coefficient (Wildman–Crippen LogP) is 3.13. The highest BCUT2D eigenvalue weighted by Gasteiger charge is 2.32. The van der Waals surface area contributed by atoms with Crippen molar-refractivity contribution >= 4 is 18.0 Å². The van der Waals surface area contributed by atoms with Crippen LogP contribution in [0.15, 0.2) is 30.3 Å². The standard InChI is InChI=1S/C21H32N2O5/c1-20(2,3)28-19(27)23-21(4,5)18(26)22-14-16(17(24)25)13-9-12-15-10-7-6-8-11-15/h6-8,10-11,16H,9,12-14H2,1-5H3,(H,22,26)(H,23,27)(H,24,25). The molecule has 0 radical (unpaired) electrons. The van der Waals surface area contributed by atoms with Crippen molar-refractivity contribution in [2.24, 2.45) is 5.92 Å². The van der Waals surface area contributed by atoms with Crippen LogP contribution in [0.1, 0.15) is 53.0 Å². The highest BCUT2D eigenvalue weighted by molar-refractivity contribution is 5.89. The molecule has 1 aromatic rings. The van der Waals surface area contributed by atoms with Crippen LogP contribution >= 0.6 is 0 Å². The molecule has 1 aromatic carbocycles. The Hall–Kier alpha value is -2.57. The molecule has 0 spiro atoms. The highest BCUT2D eigenvalue weighted by atomic mass is 16.6. The summed E-state index contributed by atoms with van der Waals surface area (Å²) in [7, 11) is 0. The van der Waals surface area contributed by atoms with Gasteiger partial charge in [0.05, 0.1) is 5.92 Å². The Morgan fingerprint density at radius 2 is 1.68 bits per heavy atom. The van der Waals surface area contributed by atoms with Gasteiger partial charge in [-0.15, -0.1) is 0 Å². The molecular formula is C21H32N2O5. The van der Waals surface area contributed by atoms with Crippen LogP contribution in [-0.4, -0.2) is 40.8 Å². The number of aryl methyl sites for hydroxylation is 1. The van der Waals surface area contributed by atoms with Crippen LogP contribution in [0.25, 0.3) is 0 Å². The molecule has 0 saturated carbocycles. The number of benzene rings is 1. The highest BCUT2D eigenvalue weighted by Crippen LogP contribution is 2.13. The van der Waals surface area contributed by atoms with E-state index < -0.39 is 35.0 Å². The molecule has 156 valence electrons. The predicted molar refractivity (Wildman–Crippen MR) is 107 cm³/mol. The molecule has 1 rings (SSSR count). The molecule has 7 nitrogen and oxygen atoms in total. The molecule has 0 fully saturated rings. The second-order valence-electron chi connectivity index (χ2n) is 8.37. The summed E-state index contributed by atoms with van der Waals surface area (Å²) in [4.78, 5) is 35.8. The molecular weight excluding hydrogens is 360 g/mol. The number of carbonyl (C=O) groups is 3. The zero-order valence-electron chi connectivity index (χ0n) is 17.4. The van der Waals surface area contributed by atoms with E-state index >= 15 is 0 Å². The molecule has 0 heterocycles. The number of carboxylic acids is 1. The van der Waals surface area contributed by atoms with Gasteiger partial charge < -0.3 is 20.5 Å². The Labute approximate surface area is 166 Å². The van der Waals surface area contributed by atoms with Gasteiger partial charge in [-0.2, -0.15) is 0 Å². The van der Waals surface area contributed by atoms with Gasteiger partial charge in [-0.05, 0) is 59.4 Å². The molecule has 1 unspecified atom stereocenters. The van der Waals surface area contributed by atoms with E-state index in [1.165, 1.54) is 13.8 Å². The lowest BCUT2D eigenvalue weighted by Gasteiger charge is -2.28. The second-order valence-corrected chi connectivity index (χ2v) is 8.37. The minimum absolute atomic E-state index is 0.00237. The summed E-state index contributed by atoms with van der Waals surface area (Å²) >= 11 is 0. The van der Waals surface area contributed by atoms with Crippen molar-refractivity contribution in [3.63, 3.8) is 0 Å². The van der Waals surface area contributed by atoms with E-state index in [4.69, 9.17) is 4.74 Å². The van der Waals surface area contributed by atoms with Crippen LogP contribution in [0.2, 0.25) is 0 Å². The first-order chi connectivity index (χ1) is 12.9. The third kappa shape index (κ3) is 8.88. The molecule has 0 saturated heterocycles. The summed E-state index contributed by atoms with van der Waals surface area (Å²) in [5.74, 6) is -2.11. The average molecular weight is 392 g/mol. The molecule has 7 heteroatoms. The first-order valence-corrected chi connectivity index (χ1v) is 9.47. The molecule has 0 bridgehead atoms. The van der Waals surface area contributed by atoms with Gasteiger partial charge in [0.25, 0.3) is 0 Å². The molecule has 0 aromatic heterocycles. The first kappa shape index (κ1) is 23.5. The summed E-state index contributed by atoms with van der Waals surface area (Å²) < 4.78 is 5.16. The minimum Gasteiger partial charge on any atom is -0.481 e. The smallest absolute Gasteiger partial charge is 0.408 e. The number of hydrogen-bond donors (Lipinski definition) is 3. The SMILES string of the molecule is CC(C)(C)OC(=O)NC(C)(C)C(=O)NCC(CCCc1ccccc1)C(=O)O. The number of ether oxygens (including phenoxy) is 1. The summed E-state index contributed by atoms with van der Waals surface area (Å²) in [6, 6.07) is 9.84. The van der Waals surface area contributed by atoms with Crippen molar-refractivity contribution < 1.29 is 24.2 Å². The van der Waals surface area contributed by atoms with E-state index in [1.54, 1.807) is 20.8 Å². The van der Waals surface area contributed by atoms with E-state index in [0.717, 1.165) is 12.0 Å². The number of nitrogens with one attached hydrogen (secondary N) is 2. The fraction of sp³-hybridized carbons (Fsp3) is 0.571. The summed E-state index contributed by atoms with van der Waals surface area (Å²) in [6.07, 6.45) is 1.23. The number of amides is 2. The van der Waals surface area contributed by atoms with Gasteiger partial charge in [0.15, 0.2) is 0 Å². The largest absolute Gasteiger partial charge is 0.481 e. The first-order valence-electron chi connectivity index (χ1n) is 9.47. The van der Waals surface area contributed by atoms with E-state index in [-0.39, 0.29) is 6.54 Å². The van der Waals surface area contributed by atoms with Crippen LogP contribution in [0.3, 0.4) is 0 Å². The Kier molecular flexibility index (Phi) is 8.47. The van der Waals surface area contributed by atoms with Crippen LogP contribution < -0.4 is 10.6 Å². The van der Waals surface area contributed by atoms with Gasteiger partial charge in [-0.1, -0.05) is 30.3 Å². The Balaban J connectivity index is 2.51. The van der Waals surface area contributed by atoms with E-state index in [2.05, 4.69) is 10.6 Å². The summed E-state index contributed by atoms with van der Waals surface area (Å²) in [5, 5.41) is 14.6. The monoisotopic (exact) mass is 392 g/mol. The second kappa shape index (κ2) is 10.1. The molecule has 3 N–H and O–H groups in total. The van der Waals surface area contributed by atoms with E-state index in [1.807, 2.05) is 30.3 Å². The summed E-state index contributed by atoms with van der Waals surface area (Å²) in [5.41, 5.74) is -0.752. The maximum Gasteiger partial charge on any atom is 0.408 e. The molecule has 28 heavy (non-hydrogen) atoms. The number of carbonyl (C=O) groups excluding carboxylic acids is 2. The van der Waals surface area contributed by atoms with Gasteiger partial charge >= 0.3 is 12.1 Å². The normalized spacial score (nSPS) is 12.8. The van der Waals surface area contributed by atoms with Crippen LogP contribution in [0.4, 0.5) is 4.79 Å². The van der Waals surface area contributed by atoms with Gasteiger partial charge in [0.1, 0.15) is 11.1 Å². The van der Waals surface area contributed by atoms with Crippen LogP contribution in [0.5, 0.6) is 0 Å². The lowest BCUT2D eigenvalue weighted by molar-refractivity contribution is -0.142. The number of aliphatic carboxylic acids is 1. The van der Waals surface area contributed by atoms with E-state index in [9.17, 15) is 19.5 Å². The van der Waals surface area contributed by atoms with E-state index in [0.29, 0.717) is 12.8 Å². The van der Waals surface area contributed by atoms with Crippen molar-refractivity contribution in [3.8, 4) is 0 Å². The molecule has 1 atom stereocenters. The molecule has 0 aliphatic carbocycles. The van der Waals surface area contributed by atoms with Crippen molar-refractivity contribution in [1.29, 1.82) is 0 Å². The quantitative estimate of drug-likeness (QED) is 0.599. The Bertz CT molecular complexity index is 665. The maximum absolute atomic E-state index is 12.4. The van der Waals surface area contributed by atoms with Crippen molar-refractivity contribution in [2.45, 2.75) is 65.0 Å². The lowest BCUT2D eigenvalue weighted by Crippen LogP contribution is -2.56. The molecule has 0 aliphatic heterocycles. The zero-order chi connectivity index (χ0) is 21.4. The topological polar surface area (TPSA) is 105 Å². The average Bonchev–Trinajstić information content (AvgIpc) is 2.55. The van der Waals surface area contributed by atoms with Gasteiger partial charge in [-0.3, -0.25) is 9.59 Å². The lowest BCUT2D eigenvalue weighted by atomic mass is 9.98.